The molecule has 1 saturated heterocycles. The van der Waals surface area contributed by atoms with Gasteiger partial charge in [0.2, 0.25) is 0 Å². The van der Waals surface area contributed by atoms with Crippen molar-refractivity contribution in [3.63, 3.8) is 0 Å². The highest BCUT2D eigenvalue weighted by atomic mass is 79.9. The smallest absolute Gasteiger partial charge is 0.0934 e. The molecule has 1 atom stereocenters. The Balaban J connectivity index is 1.74. The molecule has 0 aliphatic carbocycles. The second kappa shape index (κ2) is 4.92. The average Bonchev–Trinajstić information content (AvgIpc) is 3.00. The van der Waals surface area contributed by atoms with Crippen LogP contribution in [0.3, 0.4) is 0 Å². The molecule has 1 aliphatic rings. The molecule has 1 fully saturated rings. The lowest BCUT2D eigenvalue weighted by atomic mass is 10.1. The Morgan fingerprint density at radius 2 is 2.47 bits per heavy atom. The summed E-state index contributed by atoms with van der Waals surface area (Å²) in [5, 5.41) is 8.75. The molecule has 5 heteroatoms. The van der Waals surface area contributed by atoms with Gasteiger partial charge in [0, 0.05) is 18.8 Å². The van der Waals surface area contributed by atoms with Crippen LogP contribution in [0, 0.1) is 0 Å². The van der Waals surface area contributed by atoms with Crippen LogP contribution in [-0.2, 0) is 6.67 Å². The van der Waals surface area contributed by atoms with Crippen molar-refractivity contribution in [3.8, 4) is 0 Å². The molecule has 3 heterocycles. The quantitative estimate of drug-likeness (QED) is 0.865. The number of hydrogen-bond donors (Lipinski definition) is 0. The van der Waals surface area contributed by atoms with Crippen molar-refractivity contribution in [2.45, 2.75) is 25.6 Å². The Morgan fingerprint density at radius 1 is 1.53 bits per heavy atom. The van der Waals surface area contributed by atoms with Crippen LogP contribution in [0.25, 0.3) is 0 Å². The summed E-state index contributed by atoms with van der Waals surface area (Å²) < 4.78 is 3.04. The summed E-state index contributed by atoms with van der Waals surface area (Å²) in [6.07, 6.45) is 6.42. The van der Waals surface area contributed by atoms with E-state index in [9.17, 15) is 0 Å². The van der Waals surface area contributed by atoms with Crippen LogP contribution < -0.4 is 0 Å². The third-order valence-corrected chi connectivity index (χ3v) is 4.33. The van der Waals surface area contributed by atoms with E-state index in [1.54, 1.807) is 11.3 Å². The lowest BCUT2D eigenvalue weighted by molar-refractivity contribution is 0.192. The van der Waals surface area contributed by atoms with E-state index < -0.39 is 0 Å². The molecule has 0 bridgehead atoms. The first-order chi connectivity index (χ1) is 8.33. The van der Waals surface area contributed by atoms with Gasteiger partial charge in [0.1, 0.15) is 0 Å². The van der Waals surface area contributed by atoms with Crippen LogP contribution in [0.2, 0.25) is 0 Å². The maximum Gasteiger partial charge on any atom is 0.0934 e. The van der Waals surface area contributed by atoms with Crippen LogP contribution in [0.15, 0.2) is 33.7 Å². The van der Waals surface area contributed by atoms with Crippen LogP contribution in [0.1, 0.15) is 24.4 Å². The van der Waals surface area contributed by atoms with Gasteiger partial charge < -0.3 is 0 Å². The van der Waals surface area contributed by atoms with Crippen molar-refractivity contribution in [2.75, 3.05) is 6.54 Å². The molecule has 2 aromatic rings. The minimum absolute atomic E-state index is 0.573. The Bertz CT molecular complexity index is 480. The van der Waals surface area contributed by atoms with Gasteiger partial charge in [0.15, 0.2) is 0 Å². The molecule has 0 saturated carbocycles. The fourth-order valence-electron chi connectivity index (χ4n) is 2.44. The van der Waals surface area contributed by atoms with E-state index in [-0.39, 0.29) is 0 Å². The van der Waals surface area contributed by atoms with E-state index in [4.69, 9.17) is 0 Å². The molecular formula is C12H14BrN3S. The van der Waals surface area contributed by atoms with Crippen LogP contribution in [-0.4, -0.2) is 21.2 Å². The third kappa shape index (κ3) is 2.46. The lowest BCUT2D eigenvalue weighted by Gasteiger charge is -2.23. The van der Waals surface area contributed by atoms with Crippen LogP contribution in [0.4, 0.5) is 0 Å². The van der Waals surface area contributed by atoms with Gasteiger partial charge in [-0.05, 0) is 51.2 Å². The van der Waals surface area contributed by atoms with Gasteiger partial charge in [0.05, 0.1) is 17.3 Å². The lowest BCUT2D eigenvalue weighted by Crippen LogP contribution is -2.26. The molecule has 1 unspecified atom stereocenters. The highest BCUT2D eigenvalue weighted by molar-refractivity contribution is 9.10. The molecule has 0 radical (unpaired) electrons. The largest absolute Gasteiger partial charge is 0.277 e. The number of hydrogen-bond acceptors (Lipinski definition) is 3. The molecular weight excluding hydrogens is 298 g/mol. The monoisotopic (exact) mass is 311 g/mol. The summed E-state index contributed by atoms with van der Waals surface area (Å²) in [5.74, 6) is 0. The van der Waals surface area contributed by atoms with Crippen molar-refractivity contribution in [2.24, 2.45) is 0 Å². The first kappa shape index (κ1) is 11.4. The summed E-state index contributed by atoms with van der Waals surface area (Å²) in [6.45, 7) is 2.05. The summed E-state index contributed by atoms with van der Waals surface area (Å²) in [6, 6.07) is 2.82. The molecule has 3 nitrogen and oxygen atoms in total. The molecule has 0 spiro atoms. The predicted octanol–water partition coefficient (Wildman–Crippen LogP) is 3.50. The zero-order chi connectivity index (χ0) is 11.7. The number of likely N-dealkylation sites (tertiary alicyclic amines) is 1. The van der Waals surface area contributed by atoms with E-state index >= 15 is 0 Å². The van der Waals surface area contributed by atoms with Crippen LogP contribution in [0.5, 0.6) is 0 Å². The zero-order valence-electron chi connectivity index (χ0n) is 9.42. The van der Waals surface area contributed by atoms with E-state index in [1.807, 2.05) is 17.1 Å². The minimum Gasteiger partial charge on any atom is -0.277 e. The Kier molecular flexibility index (Phi) is 3.31. The van der Waals surface area contributed by atoms with Gasteiger partial charge in [0.25, 0.3) is 0 Å². The molecule has 2 aromatic heterocycles. The fraction of sp³-hybridized carbons (Fsp3) is 0.417. The predicted molar refractivity (Wildman–Crippen MR) is 72.9 cm³/mol. The van der Waals surface area contributed by atoms with E-state index in [0.717, 1.165) is 17.7 Å². The standard InChI is InChI=1S/C12H14BrN3S/c13-11-6-14-16(7-11)9-15-4-1-2-12(15)10-3-5-17-8-10/h3,5-8,12H,1-2,4,9H2. The molecule has 0 amide bonds. The molecule has 0 N–H and O–H groups in total. The third-order valence-electron chi connectivity index (χ3n) is 3.22. The normalized spacial score (nSPS) is 21.1. The van der Waals surface area contributed by atoms with Gasteiger partial charge in [-0.25, -0.2) is 0 Å². The van der Waals surface area contributed by atoms with Gasteiger partial charge in [-0.3, -0.25) is 9.58 Å². The molecule has 90 valence electrons. The molecule has 3 rings (SSSR count). The highest BCUT2D eigenvalue weighted by Gasteiger charge is 2.26. The van der Waals surface area contributed by atoms with E-state index in [1.165, 1.54) is 18.4 Å². The molecule has 0 aromatic carbocycles. The maximum absolute atomic E-state index is 4.33. The highest BCUT2D eigenvalue weighted by Crippen LogP contribution is 2.33. The van der Waals surface area contributed by atoms with Crippen molar-refractivity contribution >= 4 is 27.3 Å². The topological polar surface area (TPSA) is 21.1 Å². The second-order valence-corrected chi connectivity index (χ2v) is 6.06. The summed E-state index contributed by atoms with van der Waals surface area (Å²) in [5.41, 5.74) is 1.46. The van der Waals surface area contributed by atoms with Crippen molar-refractivity contribution in [1.29, 1.82) is 0 Å². The summed E-state index contributed by atoms with van der Waals surface area (Å²) in [4.78, 5) is 2.50. The SMILES string of the molecule is Brc1cnn(CN2CCCC2c2ccsc2)c1. The summed E-state index contributed by atoms with van der Waals surface area (Å²) >= 11 is 5.22. The van der Waals surface area contributed by atoms with E-state index in [0.29, 0.717) is 6.04 Å². The van der Waals surface area contributed by atoms with Crippen LogP contribution >= 0.6 is 27.3 Å². The zero-order valence-corrected chi connectivity index (χ0v) is 11.8. The first-order valence-corrected chi connectivity index (χ1v) is 7.50. The number of rotatable bonds is 3. The first-order valence-electron chi connectivity index (χ1n) is 5.77. The number of thiophene rings is 1. The van der Waals surface area contributed by atoms with Gasteiger partial charge in [-0.2, -0.15) is 16.4 Å². The molecule has 1 aliphatic heterocycles. The van der Waals surface area contributed by atoms with Crippen molar-refractivity contribution in [3.05, 3.63) is 39.3 Å². The van der Waals surface area contributed by atoms with E-state index in [2.05, 4.69) is 42.8 Å². The minimum atomic E-state index is 0.573. The summed E-state index contributed by atoms with van der Waals surface area (Å²) in [7, 11) is 0. The number of halogens is 1. The number of aromatic nitrogens is 2. The Morgan fingerprint density at radius 3 is 3.18 bits per heavy atom. The Labute approximate surface area is 113 Å². The van der Waals surface area contributed by atoms with Gasteiger partial charge in [-0.15, -0.1) is 0 Å². The number of nitrogens with zero attached hydrogens (tertiary/aromatic N) is 3. The average molecular weight is 312 g/mol. The van der Waals surface area contributed by atoms with Gasteiger partial charge in [-0.1, -0.05) is 0 Å². The van der Waals surface area contributed by atoms with Crippen molar-refractivity contribution < 1.29 is 0 Å². The van der Waals surface area contributed by atoms with Gasteiger partial charge >= 0.3 is 0 Å². The Hall–Kier alpha value is -0.650. The van der Waals surface area contributed by atoms with Crippen molar-refractivity contribution in [1.82, 2.24) is 14.7 Å². The molecule has 17 heavy (non-hydrogen) atoms. The fourth-order valence-corrected chi connectivity index (χ4v) is 3.47. The maximum atomic E-state index is 4.33. The second-order valence-electron chi connectivity index (χ2n) is 4.37.